The number of hydrogen-bond donors (Lipinski definition) is 1. The predicted molar refractivity (Wildman–Crippen MR) is 84.7 cm³/mol. The molecule has 1 aliphatic rings. The number of rotatable bonds is 4. The van der Waals surface area contributed by atoms with Crippen LogP contribution in [-0.4, -0.2) is 69.3 Å². The van der Waals surface area contributed by atoms with Crippen LogP contribution in [0, 0.1) is 0 Å². The molecule has 0 radical (unpaired) electrons. The molecule has 1 fully saturated rings. The van der Waals surface area contributed by atoms with E-state index >= 15 is 0 Å². The highest BCUT2D eigenvalue weighted by molar-refractivity contribution is 5.97. The van der Waals surface area contributed by atoms with E-state index in [2.05, 4.69) is 10.3 Å². The number of carbonyl (C=O) groups excluding carboxylic acids is 2. The minimum atomic E-state index is -0.339. The van der Waals surface area contributed by atoms with Crippen molar-refractivity contribution in [3.63, 3.8) is 0 Å². The summed E-state index contributed by atoms with van der Waals surface area (Å²) < 4.78 is 1.80. The molecule has 2 aromatic rings. The van der Waals surface area contributed by atoms with E-state index in [0.717, 1.165) is 17.6 Å². The number of piperazine rings is 1. The van der Waals surface area contributed by atoms with Crippen LogP contribution in [0.25, 0.3) is 11.0 Å². The molecule has 1 saturated heterocycles. The Bertz CT molecular complexity index is 733. The van der Waals surface area contributed by atoms with Crippen molar-refractivity contribution in [3.05, 3.63) is 23.8 Å². The Hall–Kier alpha value is -2.48. The third-order valence-corrected chi connectivity index (χ3v) is 4.10. The van der Waals surface area contributed by atoms with Crippen LogP contribution in [0.2, 0.25) is 0 Å². The molecule has 23 heavy (non-hydrogen) atoms. The summed E-state index contributed by atoms with van der Waals surface area (Å²) in [4.78, 5) is 27.3. The van der Waals surface area contributed by atoms with Gasteiger partial charge in [-0.3, -0.25) is 14.5 Å². The first-order valence-electron chi connectivity index (χ1n) is 7.71. The van der Waals surface area contributed by atoms with Crippen LogP contribution in [0.15, 0.2) is 18.2 Å². The van der Waals surface area contributed by atoms with Crippen LogP contribution in [-0.2, 0) is 11.3 Å². The number of nitrogens with two attached hydrogens (primary N) is 1. The van der Waals surface area contributed by atoms with Crippen molar-refractivity contribution in [3.8, 4) is 0 Å². The number of amides is 2. The van der Waals surface area contributed by atoms with Crippen molar-refractivity contribution in [1.29, 1.82) is 0 Å². The summed E-state index contributed by atoms with van der Waals surface area (Å²) in [6, 6.07) is 5.48. The Labute approximate surface area is 133 Å². The van der Waals surface area contributed by atoms with Crippen molar-refractivity contribution in [2.75, 3.05) is 32.7 Å². The first-order chi connectivity index (χ1) is 11.1. The van der Waals surface area contributed by atoms with Crippen LogP contribution < -0.4 is 5.73 Å². The molecule has 1 aromatic carbocycles. The smallest absolute Gasteiger partial charge is 0.254 e. The molecule has 1 aromatic heterocycles. The second kappa shape index (κ2) is 6.33. The van der Waals surface area contributed by atoms with Gasteiger partial charge in [0.05, 0.1) is 12.1 Å². The molecule has 0 aliphatic carbocycles. The number of carbonyl (C=O) groups is 2. The summed E-state index contributed by atoms with van der Waals surface area (Å²) in [7, 11) is 0. The molecule has 0 saturated carbocycles. The zero-order chi connectivity index (χ0) is 16.4. The SMILES string of the molecule is CCn1nnc2cc(C(=O)N3CCN(CC(N)=O)CC3)ccc21. The Morgan fingerprint density at radius 2 is 1.96 bits per heavy atom. The van der Waals surface area contributed by atoms with Gasteiger partial charge in [-0.15, -0.1) is 5.10 Å². The van der Waals surface area contributed by atoms with Gasteiger partial charge in [0, 0.05) is 38.3 Å². The van der Waals surface area contributed by atoms with E-state index in [4.69, 9.17) is 5.73 Å². The minimum absolute atomic E-state index is 0.0170. The first-order valence-corrected chi connectivity index (χ1v) is 7.71. The van der Waals surface area contributed by atoms with E-state index in [0.29, 0.717) is 31.7 Å². The summed E-state index contributed by atoms with van der Waals surface area (Å²) in [5, 5.41) is 8.16. The van der Waals surface area contributed by atoms with E-state index < -0.39 is 0 Å². The number of benzene rings is 1. The standard InChI is InChI=1S/C15H20N6O2/c1-2-21-13-4-3-11(9-12(13)17-18-21)15(23)20-7-5-19(6-8-20)10-14(16)22/h3-4,9H,2,5-8,10H2,1H3,(H2,16,22). The van der Waals surface area contributed by atoms with Gasteiger partial charge in [-0.25, -0.2) is 4.68 Å². The molecule has 2 N–H and O–H groups in total. The van der Waals surface area contributed by atoms with Crippen molar-refractivity contribution < 1.29 is 9.59 Å². The lowest BCUT2D eigenvalue weighted by atomic mass is 10.1. The number of aromatic nitrogens is 3. The maximum atomic E-state index is 12.6. The summed E-state index contributed by atoms with van der Waals surface area (Å²) in [6.45, 7) is 5.47. The molecular weight excluding hydrogens is 296 g/mol. The number of hydrogen-bond acceptors (Lipinski definition) is 5. The van der Waals surface area contributed by atoms with E-state index in [-0.39, 0.29) is 18.4 Å². The lowest BCUT2D eigenvalue weighted by molar-refractivity contribution is -0.119. The van der Waals surface area contributed by atoms with Gasteiger partial charge >= 0.3 is 0 Å². The van der Waals surface area contributed by atoms with E-state index in [1.54, 1.807) is 15.6 Å². The quantitative estimate of drug-likeness (QED) is 0.835. The topological polar surface area (TPSA) is 97.3 Å². The average molecular weight is 316 g/mol. The van der Waals surface area contributed by atoms with Crippen molar-refractivity contribution in [2.45, 2.75) is 13.5 Å². The molecule has 0 atom stereocenters. The Morgan fingerprint density at radius 1 is 1.22 bits per heavy atom. The maximum absolute atomic E-state index is 12.6. The van der Waals surface area contributed by atoms with Crippen molar-refractivity contribution >= 4 is 22.8 Å². The van der Waals surface area contributed by atoms with Crippen LogP contribution in [0.5, 0.6) is 0 Å². The molecule has 8 nitrogen and oxygen atoms in total. The summed E-state index contributed by atoms with van der Waals surface area (Å²) in [6.07, 6.45) is 0. The van der Waals surface area contributed by atoms with Crippen LogP contribution in [0.3, 0.4) is 0 Å². The number of aryl methyl sites for hydroxylation is 1. The Morgan fingerprint density at radius 3 is 2.61 bits per heavy atom. The van der Waals surface area contributed by atoms with E-state index in [1.165, 1.54) is 0 Å². The van der Waals surface area contributed by atoms with Crippen LogP contribution in [0.4, 0.5) is 0 Å². The molecule has 8 heteroatoms. The molecule has 0 bridgehead atoms. The predicted octanol–water partition coefficient (Wildman–Crippen LogP) is -0.306. The van der Waals surface area contributed by atoms with Crippen molar-refractivity contribution in [1.82, 2.24) is 24.8 Å². The largest absolute Gasteiger partial charge is 0.369 e. The summed E-state index contributed by atoms with van der Waals surface area (Å²) >= 11 is 0. The van der Waals surface area contributed by atoms with Gasteiger partial charge in [-0.1, -0.05) is 5.21 Å². The number of fused-ring (bicyclic) bond motifs is 1. The summed E-state index contributed by atoms with van der Waals surface area (Å²) in [5.74, 6) is -0.356. The summed E-state index contributed by atoms with van der Waals surface area (Å²) in [5.41, 5.74) is 7.47. The van der Waals surface area contributed by atoms with Gasteiger partial charge in [-0.2, -0.15) is 0 Å². The van der Waals surface area contributed by atoms with Crippen LogP contribution >= 0.6 is 0 Å². The highest BCUT2D eigenvalue weighted by atomic mass is 16.2. The third kappa shape index (κ3) is 3.16. The highest BCUT2D eigenvalue weighted by Crippen LogP contribution is 2.16. The molecule has 122 valence electrons. The van der Waals surface area contributed by atoms with Crippen molar-refractivity contribution in [2.24, 2.45) is 5.73 Å². The Kier molecular flexibility index (Phi) is 4.24. The molecule has 0 spiro atoms. The van der Waals surface area contributed by atoms with Gasteiger partial charge in [0.2, 0.25) is 5.91 Å². The monoisotopic (exact) mass is 316 g/mol. The normalized spacial score (nSPS) is 16.0. The zero-order valence-electron chi connectivity index (χ0n) is 13.1. The molecular formula is C15H20N6O2. The molecule has 0 unspecified atom stereocenters. The fourth-order valence-electron chi connectivity index (χ4n) is 2.85. The average Bonchev–Trinajstić information content (AvgIpc) is 2.96. The molecule has 3 rings (SSSR count). The van der Waals surface area contributed by atoms with Gasteiger partial charge in [0.1, 0.15) is 5.52 Å². The molecule has 2 heterocycles. The lowest BCUT2D eigenvalue weighted by Crippen LogP contribution is -2.50. The second-order valence-corrected chi connectivity index (χ2v) is 5.64. The first kappa shape index (κ1) is 15.4. The third-order valence-electron chi connectivity index (χ3n) is 4.10. The van der Waals surface area contributed by atoms with Gasteiger partial charge in [0.15, 0.2) is 0 Å². The fourth-order valence-corrected chi connectivity index (χ4v) is 2.85. The van der Waals surface area contributed by atoms with Crippen LogP contribution in [0.1, 0.15) is 17.3 Å². The number of primary amides is 1. The van der Waals surface area contributed by atoms with E-state index in [1.807, 2.05) is 24.0 Å². The fraction of sp³-hybridized carbons (Fsp3) is 0.467. The lowest BCUT2D eigenvalue weighted by Gasteiger charge is -2.34. The van der Waals surface area contributed by atoms with Gasteiger partial charge in [-0.05, 0) is 25.1 Å². The van der Waals surface area contributed by atoms with E-state index in [9.17, 15) is 9.59 Å². The zero-order valence-corrected chi connectivity index (χ0v) is 13.1. The highest BCUT2D eigenvalue weighted by Gasteiger charge is 2.23. The van der Waals surface area contributed by atoms with Gasteiger partial charge in [0.25, 0.3) is 5.91 Å². The molecule has 2 amide bonds. The Balaban J connectivity index is 1.70. The molecule has 1 aliphatic heterocycles. The second-order valence-electron chi connectivity index (χ2n) is 5.64. The van der Waals surface area contributed by atoms with Gasteiger partial charge < -0.3 is 10.6 Å². The number of nitrogens with zero attached hydrogens (tertiary/aromatic N) is 5. The minimum Gasteiger partial charge on any atom is -0.369 e. The maximum Gasteiger partial charge on any atom is 0.254 e.